The SMILES string of the molecule is Cc1ccccc1-n1c(Cn2nc(-c3cccc(S(N)(=O)=O)c3)c3c(N)ncnc32)nc2cccc(C)c2c1=O.Cc1ccccc1-n1c(Cn2nc(C#CCCCC#N)c3c(N)ncnc32)nc2cccc(C)c2c1=O.Cc1ccccc1-n1c(Cn2nc(C#CCNC(N)=O)c3c(N)ncnc32)nc2cccc(C)c2c1=O.Cc1ccccc1-n1c(Cn2nc(C#C[C@@H](C)O)c3c(N)ncnc32)nc2cccc(C)c2c1=O. The standard InChI is InChI=1S/C28H24N8O3S.C28H24N8O.C26H23N9O2.C26H23N7O2/c1-16-7-3-4-12-21(16)36-22(33-20-11-5-8-17(2)23(20)28(36)37)14-35-27-24(26(29)31-15-32-27)25(34-35)18-9-6-10-19(13-18)40(30,38)39;1-18-10-6-7-14-22(18)36-23(33-20-13-9-11-19(2)24(20)28(36)37)16-35-27-25(26(30)31-17-32-27)21(34-35)12-5-3-4-8-15-29;1-15-7-3-4-11-19(15)35-20(32-17-9-5-8-16(2)21(17)25(35)36)13-34-24-22(23(27)30-14-31-24)18(33-34)10-6-12-29-26(28)37;1-15-7-4-5-10-20(15)33-21(30-18-9-6-8-16(2)22(18)26(33)35)13-32-25-23(24(27)28-14-29-25)19(31-32)12-11-17(3)34/h3-13,15H,14H2,1-2H3,(H2,29,31,32)(H2,30,38,39);6-7,9-11,13-14,17H,3-4,8,16H2,1-2H3,(H2,30,31,32);3-5,7-9,11,14H,12-13H2,1-2H3,(H2,27,30,31)(H3,28,29,37);4-10,14,17,34H,13H2,1-3H3,(H2,27,28,29)/t;;;17-/m...1/s1. The molecule has 9 aromatic carbocycles. The zero-order chi connectivity index (χ0) is 105. The largest absolute Gasteiger partial charge is 0.383 e. The summed E-state index contributed by atoms with van der Waals surface area (Å²) in [6, 6.07) is 60.5. The van der Waals surface area contributed by atoms with Gasteiger partial charge in [-0.2, -0.15) is 25.7 Å². The lowest BCUT2D eigenvalue weighted by atomic mass is 10.1. The van der Waals surface area contributed by atoms with E-state index < -0.39 is 22.2 Å². The van der Waals surface area contributed by atoms with Crippen LogP contribution in [-0.2, 0) is 36.2 Å². The number of carbonyl (C=O) groups is 1. The van der Waals surface area contributed by atoms with Crippen molar-refractivity contribution < 1.29 is 18.3 Å². The number of hydrogen-bond donors (Lipinski definition) is 8. The molecule has 1 atom stereocenters. The minimum Gasteiger partial charge on any atom is -0.383 e. The van der Waals surface area contributed by atoms with E-state index in [1.807, 2.05) is 219 Å². The molecule has 41 heteroatoms. The number of unbranched alkanes of at least 4 members (excludes halogenated alkanes) is 2. The number of carbonyl (C=O) groups excluding carboxylic acids is 1. The van der Waals surface area contributed by atoms with Crippen LogP contribution in [0.25, 0.3) is 122 Å². The Labute approximate surface area is 848 Å². The number of urea groups is 1. The van der Waals surface area contributed by atoms with Crippen molar-refractivity contribution in [2.75, 3.05) is 29.5 Å². The summed E-state index contributed by atoms with van der Waals surface area (Å²) in [5.41, 5.74) is 45.3. The molecule has 0 aliphatic heterocycles. The zero-order valence-electron chi connectivity index (χ0n) is 81.9. The number of nitrogens with one attached hydrogen (secondary N) is 1. The molecule has 12 aromatic heterocycles. The van der Waals surface area contributed by atoms with Crippen LogP contribution in [-0.4, -0.2) is 149 Å². The number of fused-ring (bicyclic) bond motifs is 8. The molecule has 0 saturated carbocycles. The summed E-state index contributed by atoms with van der Waals surface area (Å²) < 4.78 is 37.0. The molecule has 21 aromatic rings. The lowest BCUT2D eigenvalue weighted by Gasteiger charge is -2.16. The summed E-state index contributed by atoms with van der Waals surface area (Å²) in [5.74, 6) is 20.1. The van der Waals surface area contributed by atoms with Gasteiger partial charge < -0.3 is 39.1 Å². The predicted octanol–water partition coefficient (Wildman–Crippen LogP) is 11.2. The van der Waals surface area contributed by atoms with Gasteiger partial charge in [0, 0.05) is 18.4 Å². The molecule has 0 bridgehead atoms. The predicted molar refractivity (Wildman–Crippen MR) is 569 cm³/mol. The number of benzene rings is 9. The van der Waals surface area contributed by atoms with E-state index in [4.69, 9.17) is 64.1 Å². The molecular weight excluding hydrogens is 1910 g/mol. The Morgan fingerprint density at radius 2 is 0.698 bits per heavy atom. The summed E-state index contributed by atoms with van der Waals surface area (Å²) >= 11 is 0. The van der Waals surface area contributed by atoms with Gasteiger partial charge >= 0.3 is 6.03 Å². The molecule has 12 heterocycles. The number of primary sulfonamides is 1. The topological polar surface area (TPSA) is 577 Å². The zero-order valence-corrected chi connectivity index (χ0v) is 82.7. The van der Waals surface area contributed by atoms with E-state index in [1.165, 1.54) is 37.4 Å². The lowest BCUT2D eigenvalue weighted by molar-refractivity contribution is 0.250. The molecule has 40 nitrogen and oxygen atoms in total. The number of anilines is 4. The van der Waals surface area contributed by atoms with Crippen LogP contribution in [0.1, 0.15) is 111 Å². The summed E-state index contributed by atoms with van der Waals surface area (Å²) in [6.07, 6.45) is 6.25. The van der Waals surface area contributed by atoms with E-state index in [0.29, 0.717) is 164 Å². The fourth-order valence-electron chi connectivity index (χ4n) is 17.7. The van der Waals surface area contributed by atoms with Crippen molar-refractivity contribution in [3.63, 3.8) is 0 Å². The fraction of sp³-hybridized carbons (Fsp3) is 0.167. The Kier molecular flexibility index (Phi) is 28.0. The molecule has 14 N–H and O–H groups in total. The van der Waals surface area contributed by atoms with Crippen molar-refractivity contribution >= 4 is 127 Å². The minimum atomic E-state index is -3.95. The van der Waals surface area contributed by atoms with Gasteiger partial charge in [-0.3, -0.25) is 37.4 Å². The number of nitrogen functional groups attached to an aromatic ring is 4. The highest BCUT2D eigenvalue weighted by Crippen LogP contribution is 2.35. The van der Waals surface area contributed by atoms with Crippen LogP contribution in [0.15, 0.2) is 244 Å². The van der Waals surface area contributed by atoms with Crippen molar-refractivity contribution in [3.05, 3.63) is 346 Å². The summed E-state index contributed by atoms with van der Waals surface area (Å²) in [7, 11) is -3.95. The highest BCUT2D eigenvalue weighted by atomic mass is 32.2. The highest BCUT2D eigenvalue weighted by molar-refractivity contribution is 7.89. The number of rotatable bonds is 17. The summed E-state index contributed by atoms with van der Waals surface area (Å²) in [4.78, 5) is 120. The van der Waals surface area contributed by atoms with Crippen molar-refractivity contribution in [3.8, 4) is 75.6 Å². The third-order valence-electron chi connectivity index (χ3n) is 24.7. The van der Waals surface area contributed by atoms with Crippen LogP contribution in [0.5, 0.6) is 0 Å². The average Bonchev–Trinajstić information content (AvgIpc) is 1.50. The van der Waals surface area contributed by atoms with Gasteiger partial charge in [-0.1, -0.05) is 151 Å². The molecule has 0 radical (unpaired) electrons. The third kappa shape index (κ3) is 20.1. The first-order valence-electron chi connectivity index (χ1n) is 46.7. The van der Waals surface area contributed by atoms with Crippen molar-refractivity contribution in [2.24, 2.45) is 10.9 Å². The first-order chi connectivity index (χ1) is 71.8. The van der Waals surface area contributed by atoms with E-state index in [1.54, 1.807) is 62.1 Å². The van der Waals surface area contributed by atoms with E-state index in [-0.39, 0.29) is 83.1 Å². The molecule has 0 unspecified atom stereocenters. The normalized spacial score (nSPS) is 11.4. The number of amides is 2. The molecule has 740 valence electrons. The summed E-state index contributed by atoms with van der Waals surface area (Å²) in [6.45, 7) is 17.5. The fourth-order valence-corrected chi connectivity index (χ4v) is 18.2. The molecule has 0 spiro atoms. The number of nitriles is 1. The molecule has 0 saturated heterocycles. The van der Waals surface area contributed by atoms with Gasteiger partial charge in [0.2, 0.25) is 10.0 Å². The smallest absolute Gasteiger partial charge is 0.312 e. The number of sulfonamides is 1. The number of primary amides is 1. The maximum atomic E-state index is 14.0. The number of aryl methyl sites for hydroxylation is 8. The number of aliphatic hydroxyl groups excluding tert-OH is 1. The second kappa shape index (κ2) is 42.0. The number of nitrogens with two attached hydrogens (primary N) is 6. The van der Waals surface area contributed by atoms with Crippen LogP contribution in [0.2, 0.25) is 0 Å². The van der Waals surface area contributed by atoms with Crippen LogP contribution in [0.3, 0.4) is 0 Å². The van der Waals surface area contributed by atoms with Gasteiger partial charge in [0.05, 0.1) is 105 Å². The first-order valence-corrected chi connectivity index (χ1v) is 48.2. The molecule has 0 aliphatic carbocycles. The second-order valence-electron chi connectivity index (χ2n) is 34.9. The van der Waals surface area contributed by atoms with Crippen LogP contribution >= 0.6 is 0 Å². The first kappa shape index (κ1) is 99.4. The Morgan fingerprint density at radius 3 is 1.03 bits per heavy atom. The maximum Gasteiger partial charge on any atom is 0.312 e. The van der Waals surface area contributed by atoms with E-state index >= 15 is 0 Å². The molecular formula is C108H94N32O8S. The minimum absolute atomic E-state index is 0.0374. The van der Waals surface area contributed by atoms with E-state index in [0.717, 1.165) is 61.6 Å². The average molecular weight is 2000 g/mol. The van der Waals surface area contributed by atoms with Crippen molar-refractivity contribution in [1.82, 2.24) is 123 Å². The quantitative estimate of drug-likeness (QED) is 0.0310. The van der Waals surface area contributed by atoms with Gasteiger partial charge in [0.1, 0.15) is 127 Å². The molecule has 0 aliphatic rings. The van der Waals surface area contributed by atoms with E-state index in [2.05, 4.69) is 102 Å². The van der Waals surface area contributed by atoms with Gasteiger partial charge in [-0.15, -0.1) is 0 Å². The second-order valence-corrected chi connectivity index (χ2v) is 36.5. The number of hydrogen-bond acceptors (Lipinski definition) is 29. The van der Waals surface area contributed by atoms with Crippen LogP contribution in [0.4, 0.5) is 28.1 Å². The van der Waals surface area contributed by atoms with Crippen LogP contribution < -0.4 is 61.4 Å². The molecule has 2 amide bonds. The Morgan fingerprint density at radius 1 is 0.389 bits per heavy atom. The molecule has 0 fully saturated rings. The van der Waals surface area contributed by atoms with Gasteiger partial charge in [-0.25, -0.2) is 96.9 Å². The Hall–Kier alpha value is -19.7. The van der Waals surface area contributed by atoms with Crippen LogP contribution in [0, 0.1) is 102 Å². The monoisotopic (exact) mass is 2000 g/mol. The molecule has 21 rings (SSSR count). The maximum absolute atomic E-state index is 14.0. The number of nitrogens with zero attached hydrogens (tertiary/aromatic N) is 25. The lowest BCUT2D eigenvalue weighted by Crippen LogP contribution is -2.29. The number of aliphatic hydroxyl groups is 1. The molecule has 149 heavy (non-hydrogen) atoms. The van der Waals surface area contributed by atoms with Gasteiger partial charge in [0.15, 0.2) is 22.6 Å². The Bertz CT molecular complexity index is 9680. The van der Waals surface area contributed by atoms with Crippen molar-refractivity contribution in [1.29, 1.82) is 5.26 Å². The number of para-hydroxylation sites is 4. The van der Waals surface area contributed by atoms with Gasteiger partial charge in [0.25, 0.3) is 22.2 Å². The summed E-state index contributed by atoms with van der Waals surface area (Å²) in [5, 5.41) is 49.0. The third-order valence-corrected chi connectivity index (χ3v) is 25.6. The van der Waals surface area contributed by atoms with Crippen molar-refractivity contribution in [2.45, 2.75) is 119 Å². The number of aromatic nitrogens is 24. The Balaban J connectivity index is 0.000000130. The van der Waals surface area contributed by atoms with E-state index in [9.17, 15) is 37.5 Å². The van der Waals surface area contributed by atoms with Gasteiger partial charge in [-0.05, 0) is 192 Å². The highest BCUT2D eigenvalue weighted by Gasteiger charge is 2.29.